The molecule has 2 N–H and O–H groups in total. The molecule has 0 bridgehead atoms. The van der Waals surface area contributed by atoms with Gasteiger partial charge in [-0.2, -0.15) is 0 Å². The number of hydrogen-bond donors (Lipinski definition) is 2. The van der Waals surface area contributed by atoms with Gasteiger partial charge in [0.15, 0.2) is 0 Å². The van der Waals surface area contributed by atoms with E-state index < -0.39 is 4.92 Å². The van der Waals surface area contributed by atoms with Gasteiger partial charge in [-0.25, -0.2) is 4.98 Å². The maximum atomic E-state index is 13.3. The highest BCUT2D eigenvalue weighted by atomic mass is 16.6. The second kappa shape index (κ2) is 10.7. The molecule has 10 nitrogen and oxygen atoms in total. The number of aryl methyl sites for hydroxylation is 1. The summed E-state index contributed by atoms with van der Waals surface area (Å²) < 4.78 is 1.93. The number of carbonyl (C=O) groups excluding carboxylic acids is 2. The normalized spacial score (nSPS) is 15.9. The maximum absolute atomic E-state index is 13.3. The van der Waals surface area contributed by atoms with Crippen LogP contribution in [0, 0.1) is 10.1 Å². The lowest BCUT2D eigenvalue weighted by Crippen LogP contribution is -2.34. The van der Waals surface area contributed by atoms with E-state index in [1.54, 1.807) is 12.3 Å². The Bertz CT molecular complexity index is 1690. The van der Waals surface area contributed by atoms with Gasteiger partial charge in [0.25, 0.3) is 11.6 Å². The summed E-state index contributed by atoms with van der Waals surface area (Å²) >= 11 is 0. The summed E-state index contributed by atoms with van der Waals surface area (Å²) in [6, 6.07) is 19.8. The largest absolute Gasteiger partial charge is 0.354 e. The molecule has 0 saturated carbocycles. The fourth-order valence-corrected chi connectivity index (χ4v) is 5.31. The topological polar surface area (TPSA) is 122 Å². The zero-order valence-corrected chi connectivity index (χ0v) is 22.5. The fourth-order valence-electron chi connectivity index (χ4n) is 5.31. The van der Waals surface area contributed by atoms with Gasteiger partial charge in [-0.3, -0.25) is 19.7 Å². The highest BCUT2D eigenvalue weighted by Gasteiger charge is 2.30. The average molecular weight is 549 g/mol. The molecule has 1 fully saturated rings. The quantitative estimate of drug-likeness (QED) is 0.180. The average Bonchev–Trinajstić information content (AvgIpc) is 3.55. The number of nitrogens with one attached hydrogen (secondary N) is 2. The van der Waals surface area contributed by atoms with Crippen LogP contribution in [-0.2, 0) is 23.2 Å². The van der Waals surface area contributed by atoms with Crippen LogP contribution in [-0.4, -0.2) is 37.7 Å². The molecule has 10 heteroatoms. The Labute approximate surface area is 236 Å². The van der Waals surface area contributed by atoms with E-state index in [4.69, 9.17) is 0 Å². The first kappa shape index (κ1) is 26.0. The fraction of sp³-hybridized carbons (Fsp3) is 0.194. The molecule has 0 aliphatic carbocycles. The Morgan fingerprint density at radius 2 is 1.83 bits per heavy atom. The van der Waals surface area contributed by atoms with Crippen molar-refractivity contribution in [3.05, 3.63) is 106 Å². The zero-order valence-electron chi connectivity index (χ0n) is 22.5. The van der Waals surface area contributed by atoms with Crippen molar-refractivity contribution in [2.45, 2.75) is 25.8 Å². The molecular formula is C31H28N6O4. The number of nitrogens with zero attached hydrogens (tertiary/aromatic N) is 4. The minimum atomic E-state index is -0.471. The number of piperidine rings is 1. The smallest absolute Gasteiger partial charge is 0.270 e. The summed E-state index contributed by atoms with van der Waals surface area (Å²) in [5.41, 5.74) is 5.10. The van der Waals surface area contributed by atoms with E-state index in [1.165, 1.54) is 12.1 Å². The number of imidazole rings is 1. The zero-order chi connectivity index (χ0) is 28.5. The molecule has 3 aromatic carbocycles. The third-order valence-electron chi connectivity index (χ3n) is 7.48. The Hall–Kier alpha value is -5.25. The van der Waals surface area contributed by atoms with Gasteiger partial charge in [0, 0.05) is 73.6 Å². The van der Waals surface area contributed by atoms with E-state index >= 15 is 0 Å². The third-order valence-corrected chi connectivity index (χ3v) is 7.48. The molecule has 1 aromatic heterocycles. The molecule has 4 aromatic rings. The van der Waals surface area contributed by atoms with Crippen LogP contribution >= 0.6 is 0 Å². The highest BCUT2D eigenvalue weighted by Crippen LogP contribution is 2.39. The molecule has 3 heterocycles. The Kier molecular flexibility index (Phi) is 6.80. The lowest BCUT2D eigenvalue weighted by molar-refractivity contribution is -0.384. The molecule has 206 valence electrons. The van der Waals surface area contributed by atoms with Gasteiger partial charge in [0.05, 0.1) is 16.2 Å². The molecule has 0 atom stereocenters. The van der Waals surface area contributed by atoms with Crippen molar-refractivity contribution in [2.75, 3.05) is 17.2 Å². The maximum Gasteiger partial charge on any atom is 0.270 e. The molecule has 0 radical (unpaired) electrons. The van der Waals surface area contributed by atoms with Crippen LogP contribution in [0.25, 0.3) is 22.7 Å². The Morgan fingerprint density at radius 3 is 2.51 bits per heavy atom. The van der Waals surface area contributed by atoms with Crippen molar-refractivity contribution < 1.29 is 14.5 Å². The number of benzene rings is 3. The molecule has 41 heavy (non-hydrogen) atoms. The van der Waals surface area contributed by atoms with E-state index in [2.05, 4.69) is 15.6 Å². The number of anilines is 2. The monoisotopic (exact) mass is 548 g/mol. The molecule has 2 aliphatic rings. The van der Waals surface area contributed by atoms with Crippen LogP contribution in [0.3, 0.4) is 0 Å². The molecular weight excluding hydrogens is 520 g/mol. The van der Waals surface area contributed by atoms with Gasteiger partial charge in [-0.1, -0.05) is 24.3 Å². The molecule has 2 aliphatic heterocycles. The summed E-state index contributed by atoms with van der Waals surface area (Å²) in [5, 5.41) is 17.8. The van der Waals surface area contributed by atoms with Crippen LogP contribution in [0.4, 0.5) is 17.1 Å². The molecule has 0 unspecified atom stereocenters. The third kappa shape index (κ3) is 5.19. The SMILES string of the molecule is Cn1ccnc1-c1ccc(NC(=C2C(=O)Nc3ccc([N+](=O)[O-])cc32)c2ccc(CN3CCCCC3=O)cc2)cc1. The van der Waals surface area contributed by atoms with E-state index in [1.807, 2.05) is 71.2 Å². The van der Waals surface area contributed by atoms with Gasteiger partial charge in [0.1, 0.15) is 5.82 Å². The van der Waals surface area contributed by atoms with Crippen LogP contribution < -0.4 is 10.6 Å². The van der Waals surface area contributed by atoms with Crippen LogP contribution in [0.5, 0.6) is 0 Å². The first-order valence-electron chi connectivity index (χ1n) is 13.4. The second-order valence-electron chi connectivity index (χ2n) is 10.2. The number of hydrogen-bond acceptors (Lipinski definition) is 6. The van der Waals surface area contributed by atoms with Crippen LogP contribution in [0.2, 0.25) is 0 Å². The van der Waals surface area contributed by atoms with Crippen LogP contribution in [0.15, 0.2) is 79.1 Å². The highest BCUT2D eigenvalue weighted by molar-refractivity contribution is 6.37. The minimum Gasteiger partial charge on any atom is -0.354 e. The van der Waals surface area contributed by atoms with E-state index in [-0.39, 0.29) is 17.5 Å². The van der Waals surface area contributed by atoms with Gasteiger partial charge in [-0.05, 0) is 54.3 Å². The Balaban J connectivity index is 1.39. The summed E-state index contributed by atoms with van der Waals surface area (Å²) in [4.78, 5) is 42.9. The summed E-state index contributed by atoms with van der Waals surface area (Å²) in [5.74, 6) is 0.643. The lowest BCUT2D eigenvalue weighted by Gasteiger charge is -2.26. The van der Waals surface area contributed by atoms with Gasteiger partial charge in [-0.15, -0.1) is 0 Å². The van der Waals surface area contributed by atoms with Gasteiger partial charge < -0.3 is 20.1 Å². The molecule has 2 amide bonds. The standard InChI is InChI=1S/C31H28N6O4/c1-35-17-15-32-30(35)22-9-11-23(12-10-22)33-29(28-25-18-24(37(40)41)13-14-26(25)34-31(28)39)21-7-5-20(6-8-21)19-36-16-3-2-4-27(36)38/h5-15,17-18,33H,2-4,16,19H2,1H3,(H,34,39). The number of nitro groups is 1. The molecule has 0 spiro atoms. The van der Waals surface area contributed by atoms with Crippen molar-refractivity contribution in [1.29, 1.82) is 0 Å². The Morgan fingerprint density at radius 1 is 1.05 bits per heavy atom. The number of fused-ring (bicyclic) bond motifs is 1. The van der Waals surface area contributed by atoms with Crippen molar-refractivity contribution in [2.24, 2.45) is 7.05 Å². The van der Waals surface area contributed by atoms with Crippen LogP contribution in [0.1, 0.15) is 36.0 Å². The number of likely N-dealkylation sites (tertiary alicyclic amines) is 1. The van der Waals surface area contributed by atoms with Crippen molar-refractivity contribution in [1.82, 2.24) is 14.5 Å². The predicted molar refractivity (Wildman–Crippen MR) is 157 cm³/mol. The number of rotatable bonds is 7. The van der Waals surface area contributed by atoms with Gasteiger partial charge >= 0.3 is 0 Å². The minimum absolute atomic E-state index is 0.0990. The summed E-state index contributed by atoms with van der Waals surface area (Å²) in [7, 11) is 1.93. The number of carbonyl (C=O) groups is 2. The first-order valence-corrected chi connectivity index (χ1v) is 13.4. The summed E-state index contributed by atoms with van der Waals surface area (Å²) in [6.45, 7) is 1.28. The second-order valence-corrected chi connectivity index (χ2v) is 10.2. The lowest BCUT2D eigenvalue weighted by atomic mass is 9.98. The van der Waals surface area contributed by atoms with Crippen molar-refractivity contribution in [3.63, 3.8) is 0 Å². The number of aromatic nitrogens is 2. The predicted octanol–water partition coefficient (Wildman–Crippen LogP) is 5.44. The number of non-ortho nitro benzene ring substituents is 1. The van der Waals surface area contributed by atoms with E-state index in [0.29, 0.717) is 35.5 Å². The summed E-state index contributed by atoms with van der Waals surface area (Å²) in [6.07, 6.45) is 6.14. The first-order chi connectivity index (χ1) is 19.9. The van der Waals surface area contributed by atoms with E-state index in [0.717, 1.165) is 47.6 Å². The van der Waals surface area contributed by atoms with Crippen molar-refractivity contribution in [3.8, 4) is 11.4 Å². The van der Waals surface area contributed by atoms with E-state index in [9.17, 15) is 19.7 Å². The number of nitro benzene ring substituents is 1. The van der Waals surface area contributed by atoms with Crippen molar-refractivity contribution >= 4 is 40.1 Å². The number of amides is 2. The van der Waals surface area contributed by atoms with Gasteiger partial charge in [0.2, 0.25) is 5.91 Å². The molecule has 6 rings (SSSR count). The molecule has 1 saturated heterocycles.